The fourth-order valence-electron chi connectivity index (χ4n) is 7.40. The minimum atomic E-state index is 0.372. The first-order valence-corrected chi connectivity index (χ1v) is 24.1. The van der Waals surface area contributed by atoms with E-state index in [4.69, 9.17) is 5.11 Å². The van der Waals surface area contributed by atoms with Crippen LogP contribution in [-0.2, 0) is 0 Å². The summed E-state index contributed by atoms with van der Waals surface area (Å²) in [4.78, 5) is 2.85. The van der Waals surface area contributed by atoms with Gasteiger partial charge in [-0.2, -0.15) is 0 Å². The lowest BCUT2D eigenvalue weighted by atomic mass is 10.1. The molecular formula is C48H101NO. The van der Waals surface area contributed by atoms with Crippen molar-refractivity contribution >= 4 is 0 Å². The highest BCUT2D eigenvalue weighted by atomic mass is 16.2. The van der Waals surface area contributed by atoms with E-state index in [1.54, 1.807) is 0 Å². The van der Waals surface area contributed by atoms with Gasteiger partial charge in [0, 0.05) is 6.61 Å². The standard InChI is InChI=1S/C36H75N.C12H26O/c1-4-7-10-13-16-19-22-25-28-31-34-37(35-32-29-26-23-20-17-14-11-8-5-2)36-33-30-27-24-21-18-15-12-9-6-3;1-2-3-4-5-6-7-8-9-10-11-12-13/h4-36H2,1-3H3;13H,2-12H2,1H3. The van der Waals surface area contributed by atoms with Crippen LogP contribution in [0.4, 0.5) is 0 Å². The maximum Gasteiger partial charge on any atom is 0.0431 e. The average molecular weight is 708 g/mol. The van der Waals surface area contributed by atoms with Crippen LogP contribution in [0, 0.1) is 0 Å². The fraction of sp³-hybridized carbons (Fsp3) is 1.00. The predicted molar refractivity (Wildman–Crippen MR) is 231 cm³/mol. The SMILES string of the molecule is CCCCCCCCCCCCN(CCCCCCCCCCCC)CCCCCCCCCCCC.CCCCCCCCCCCCO. The number of hydrogen-bond acceptors (Lipinski definition) is 2. The molecule has 0 amide bonds. The van der Waals surface area contributed by atoms with Gasteiger partial charge in [0.1, 0.15) is 0 Å². The molecule has 0 rings (SSSR count). The number of rotatable bonds is 43. The molecule has 0 heterocycles. The van der Waals surface area contributed by atoms with Crippen LogP contribution in [0.15, 0.2) is 0 Å². The third-order valence-corrected chi connectivity index (χ3v) is 11.0. The second-order valence-corrected chi connectivity index (χ2v) is 16.3. The Morgan fingerprint density at radius 1 is 0.220 bits per heavy atom. The number of nitrogens with zero attached hydrogens (tertiary/aromatic N) is 1. The van der Waals surface area contributed by atoms with E-state index >= 15 is 0 Å². The molecule has 0 aromatic rings. The zero-order chi connectivity index (χ0) is 36.7. The van der Waals surface area contributed by atoms with Crippen LogP contribution >= 0.6 is 0 Å². The Bertz CT molecular complexity index is 469. The van der Waals surface area contributed by atoms with Gasteiger partial charge < -0.3 is 10.0 Å². The Kier molecular flexibility index (Phi) is 53.1. The summed E-state index contributed by atoms with van der Waals surface area (Å²) in [7, 11) is 0. The first kappa shape index (κ1) is 52.0. The third-order valence-electron chi connectivity index (χ3n) is 11.0. The summed E-state index contributed by atoms with van der Waals surface area (Å²) in [5.74, 6) is 0. The highest BCUT2D eigenvalue weighted by Gasteiger charge is 2.05. The summed E-state index contributed by atoms with van der Waals surface area (Å²) in [6, 6.07) is 0. The lowest BCUT2D eigenvalue weighted by molar-refractivity contribution is 0.254. The highest BCUT2D eigenvalue weighted by Crippen LogP contribution is 2.15. The van der Waals surface area contributed by atoms with Gasteiger partial charge in [-0.25, -0.2) is 0 Å². The first-order chi connectivity index (χ1) is 24.8. The van der Waals surface area contributed by atoms with Crippen LogP contribution in [0.2, 0.25) is 0 Å². The molecule has 0 unspecified atom stereocenters. The molecule has 0 aliphatic rings. The zero-order valence-corrected chi connectivity index (χ0v) is 36.0. The molecule has 0 saturated heterocycles. The Hall–Kier alpha value is -0.0800. The predicted octanol–water partition coefficient (Wildman–Crippen LogP) is 17.0. The van der Waals surface area contributed by atoms with Crippen LogP contribution < -0.4 is 0 Å². The van der Waals surface area contributed by atoms with Crippen molar-refractivity contribution in [3.05, 3.63) is 0 Å². The molecule has 0 aromatic heterocycles. The summed E-state index contributed by atoms with van der Waals surface area (Å²) >= 11 is 0. The van der Waals surface area contributed by atoms with E-state index in [1.807, 2.05) is 0 Å². The van der Waals surface area contributed by atoms with Gasteiger partial charge >= 0.3 is 0 Å². The van der Waals surface area contributed by atoms with Crippen molar-refractivity contribution < 1.29 is 5.11 Å². The van der Waals surface area contributed by atoms with Crippen LogP contribution in [0.1, 0.15) is 285 Å². The largest absolute Gasteiger partial charge is 0.396 e. The number of hydrogen-bond donors (Lipinski definition) is 1. The topological polar surface area (TPSA) is 23.5 Å². The highest BCUT2D eigenvalue weighted by molar-refractivity contribution is 4.61. The van der Waals surface area contributed by atoms with E-state index in [0.29, 0.717) is 6.61 Å². The fourth-order valence-corrected chi connectivity index (χ4v) is 7.40. The van der Waals surface area contributed by atoms with Gasteiger partial charge in [0.15, 0.2) is 0 Å². The molecule has 0 saturated carbocycles. The number of unbranched alkanes of at least 4 members (excludes halogenated alkanes) is 36. The van der Waals surface area contributed by atoms with Gasteiger partial charge in [-0.05, 0) is 45.3 Å². The molecule has 2 nitrogen and oxygen atoms in total. The molecule has 0 atom stereocenters. The summed E-state index contributed by atoms with van der Waals surface area (Å²) in [5, 5.41) is 8.57. The molecule has 0 aliphatic carbocycles. The zero-order valence-electron chi connectivity index (χ0n) is 36.0. The van der Waals surface area contributed by atoms with Gasteiger partial charge in [-0.1, -0.05) is 259 Å². The summed E-state index contributed by atoms with van der Waals surface area (Å²) < 4.78 is 0. The van der Waals surface area contributed by atoms with Crippen molar-refractivity contribution in [2.24, 2.45) is 0 Å². The summed E-state index contributed by atoms with van der Waals surface area (Å²) in [5.41, 5.74) is 0. The molecule has 0 spiro atoms. The monoisotopic (exact) mass is 708 g/mol. The Balaban J connectivity index is 0. The van der Waals surface area contributed by atoms with Gasteiger partial charge in [0.2, 0.25) is 0 Å². The molecule has 0 aliphatic heterocycles. The molecular weight excluding hydrogens is 607 g/mol. The first-order valence-electron chi connectivity index (χ1n) is 24.1. The van der Waals surface area contributed by atoms with E-state index in [1.165, 1.54) is 270 Å². The van der Waals surface area contributed by atoms with E-state index in [0.717, 1.165) is 6.42 Å². The van der Waals surface area contributed by atoms with E-state index in [2.05, 4.69) is 32.6 Å². The Morgan fingerprint density at radius 3 is 0.560 bits per heavy atom. The molecule has 0 bridgehead atoms. The molecule has 50 heavy (non-hydrogen) atoms. The average Bonchev–Trinajstić information content (AvgIpc) is 3.13. The quantitative estimate of drug-likeness (QED) is 0.0638. The smallest absolute Gasteiger partial charge is 0.0431 e. The normalized spacial score (nSPS) is 11.4. The van der Waals surface area contributed by atoms with Crippen LogP contribution in [-0.4, -0.2) is 36.2 Å². The number of aliphatic hydroxyl groups is 1. The maximum absolute atomic E-state index is 8.57. The minimum absolute atomic E-state index is 0.372. The van der Waals surface area contributed by atoms with Gasteiger partial charge in [-0.3, -0.25) is 0 Å². The van der Waals surface area contributed by atoms with Gasteiger partial charge in [0.05, 0.1) is 0 Å². The molecule has 0 radical (unpaired) electrons. The van der Waals surface area contributed by atoms with E-state index in [9.17, 15) is 0 Å². The van der Waals surface area contributed by atoms with Gasteiger partial charge in [-0.15, -0.1) is 0 Å². The van der Waals surface area contributed by atoms with Crippen LogP contribution in [0.25, 0.3) is 0 Å². The molecule has 2 heteroatoms. The van der Waals surface area contributed by atoms with Crippen molar-refractivity contribution in [2.45, 2.75) is 285 Å². The van der Waals surface area contributed by atoms with Crippen molar-refractivity contribution in [3.8, 4) is 0 Å². The molecule has 304 valence electrons. The van der Waals surface area contributed by atoms with Crippen molar-refractivity contribution in [1.29, 1.82) is 0 Å². The summed E-state index contributed by atoms with van der Waals surface area (Å²) in [6.07, 6.45) is 56.9. The number of aliphatic hydroxyl groups excluding tert-OH is 1. The van der Waals surface area contributed by atoms with Crippen LogP contribution in [0.3, 0.4) is 0 Å². The summed E-state index contributed by atoms with van der Waals surface area (Å²) in [6.45, 7) is 13.7. The lowest BCUT2D eigenvalue weighted by Gasteiger charge is -2.22. The van der Waals surface area contributed by atoms with Crippen molar-refractivity contribution in [3.63, 3.8) is 0 Å². The molecule has 0 fully saturated rings. The Morgan fingerprint density at radius 2 is 0.380 bits per heavy atom. The van der Waals surface area contributed by atoms with E-state index in [-0.39, 0.29) is 0 Å². The Labute approximate surface area is 319 Å². The molecule has 0 aromatic carbocycles. The van der Waals surface area contributed by atoms with Gasteiger partial charge in [0.25, 0.3) is 0 Å². The lowest BCUT2D eigenvalue weighted by Crippen LogP contribution is -2.27. The maximum atomic E-state index is 8.57. The van der Waals surface area contributed by atoms with Crippen LogP contribution in [0.5, 0.6) is 0 Å². The second-order valence-electron chi connectivity index (χ2n) is 16.3. The third kappa shape index (κ3) is 50.0. The van der Waals surface area contributed by atoms with Crippen molar-refractivity contribution in [1.82, 2.24) is 4.90 Å². The molecule has 1 N–H and O–H groups in total. The second kappa shape index (κ2) is 51.0. The van der Waals surface area contributed by atoms with Crippen molar-refractivity contribution in [2.75, 3.05) is 26.2 Å². The minimum Gasteiger partial charge on any atom is -0.396 e. The van der Waals surface area contributed by atoms with E-state index < -0.39 is 0 Å².